The second-order valence-electron chi connectivity index (χ2n) is 5.38. The summed E-state index contributed by atoms with van der Waals surface area (Å²) in [5.74, 6) is 2.15. The number of ether oxygens (including phenoxy) is 2. The fourth-order valence-electron chi connectivity index (χ4n) is 2.36. The van der Waals surface area contributed by atoms with Gasteiger partial charge in [0.15, 0.2) is 11.5 Å². The summed E-state index contributed by atoms with van der Waals surface area (Å²) in [6, 6.07) is 5.65. The van der Waals surface area contributed by atoms with Gasteiger partial charge in [-0.3, -0.25) is 9.89 Å². The Balaban J connectivity index is 1.83. The van der Waals surface area contributed by atoms with Crippen LogP contribution in [0.2, 0.25) is 0 Å². The van der Waals surface area contributed by atoms with Crippen molar-refractivity contribution < 1.29 is 9.47 Å². The third-order valence-corrected chi connectivity index (χ3v) is 3.87. The van der Waals surface area contributed by atoms with Gasteiger partial charge in [0.1, 0.15) is 0 Å². The number of methoxy groups -OCH3 is 2. The van der Waals surface area contributed by atoms with Crippen molar-refractivity contribution in [3.8, 4) is 11.5 Å². The predicted octanol–water partition coefficient (Wildman–Crippen LogP) is 1.66. The average Bonchev–Trinajstić information content (AvgIpc) is 3.00. The molecule has 0 radical (unpaired) electrons. The van der Waals surface area contributed by atoms with Crippen molar-refractivity contribution in [2.45, 2.75) is 20.4 Å². The number of rotatable bonds is 5. The van der Waals surface area contributed by atoms with Gasteiger partial charge in [0.05, 0.1) is 14.2 Å². The quantitative estimate of drug-likeness (QED) is 0.739. The maximum absolute atomic E-state index is 12.2. The Morgan fingerprint density at radius 3 is 2.62 bits per heavy atom. The topological polar surface area (TPSA) is 93.5 Å². The fourth-order valence-corrected chi connectivity index (χ4v) is 2.36. The normalized spacial score (nSPS) is 10.8. The first-order valence-electron chi connectivity index (χ1n) is 7.44. The number of anilines is 1. The molecule has 0 amide bonds. The molecule has 2 aromatic heterocycles. The SMILES string of the molecule is COc1ccc(CNc2nc3nc(C)c(C)c(=O)n3[nH]2)cc1OC. The minimum atomic E-state index is -0.149. The van der Waals surface area contributed by atoms with Crippen LogP contribution in [0.3, 0.4) is 0 Å². The molecule has 0 aliphatic carbocycles. The number of nitrogens with zero attached hydrogens (tertiary/aromatic N) is 3. The molecule has 0 saturated heterocycles. The molecule has 2 N–H and O–H groups in total. The number of aryl methyl sites for hydroxylation is 1. The van der Waals surface area contributed by atoms with Crippen molar-refractivity contribution in [2.75, 3.05) is 19.5 Å². The standard InChI is InChI=1S/C16H19N5O3/c1-9-10(2)18-16-19-15(20-21(16)14(9)22)17-8-11-5-6-12(23-3)13(7-11)24-4/h5-7H,8H2,1-4H3,(H2,17,18,19,20). The van der Waals surface area contributed by atoms with Crippen molar-refractivity contribution >= 4 is 11.7 Å². The van der Waals surface area contributed by atoms with E-state index in [-0.39, 0.29) is 5.56 Å². The smallest absolute Gasteiger partial charge is 0.277 e. The Morgan fingerprint density at radius 1 is 1.17 bits per heavy atom. The highest BCUT2D eigenvalue weighted by molar-refractivity contribution is 5.44. The van der Waals surface area contributed by atoms with Crippen LogP contribution in [-0.2, 0) is 6.54 Å². The van der Waals surface area contributed by atoms with E-state index in [4.69, 9.17) is 9.47 Å². The lowest BCUT2D eigenvalue weighted by Crippen LogP contribution is -2.19. The molecule has 3 aromatic rings. The van der Waals surface area contributed by atoms with E-state index in [9.17, 15) is 4.79 Å². The summed E-state index contributed by atoms with van der Waals surface area (Å²) >= 11 is 0. The van der Waals surface area contributed by atoms with Crippen LogP contribution in [0, 0.1) is 13.8 Å². The summed E-state index contributed by atoms with van der Waals surface area (Å²) in [6.45, 7) is 4.05. The molecule has 0 unspecified atom stereocenters. The molecule has 126 valence electrons. The van der Waals surface area contributed by atoms with Crippen molar-refractivity contribution in [3.05, 3.63) is 45.4 Å². The van der Waals surface area contributed by atoms with Gasteiger partial charge < -0.3 is 14.8 Å². The Hall–Kier alpha value is -3.03. The minimum absolute atomic E-state index is 0.149. The van der Waals surface area contributed by atoms with E-state index in [2.05, 4.69) is 20.4 Å². The fraction of sp³-hybridized carbons (Fsp3) is 0.312. The number of aromatic amines is 1. The van der Waals surface area contributed by atoms with E-state index in [1.165, 1.54) is 4.52 Å². The lowest BCUT2D eigenvalue weighted by Gasteiger charge is -2.09. The number of hydrogen-bond acceptors (Lipinski definition) is 6. The number of nitrogens with one attached hydrogen (secondary N) is 2. The van der Waals surface area contributed by atoms with E-state index < -0.39 is 0 Å². The molecule has 0 spiro atoms. The van der Waals surface area contributed by atoms with Gasteiger partial charge in [-0.15, -0.1) is 0 Å². The third kappa shape index (κ3) is 2.78. The monoisotopic (exact) mass is 329 g/mol. The highest BCUT2D eigenvalue weighted by atomic mass is 16.5. The minimum Gasteiger partial charge on any atom is -0.493 e. The number of hydrogen-bond donors (Lipinski definition) is 2. The molecule has 2 heterocycles. The van der Waals surface area contributed by atoms with Crippen LogP contribution in [0.4, 0.5) is 5.95 Å². The maximum atomic E-state index is 12.2. The van der Waals surface area contributed by atoms with E-state index in [1.807, 2.05) is 18.2 Å². The van der Waals surface area contributed by atoms with Crippen molar-refractivity contribution in [1.29, 1.82) is 0 Å². The largest absolute Gasteiger partial charge is 0.493 e. The van der Waals surface area contributed by atoms with E-state index in [0.717, 1.165) is 5.56 Å². The first kappa shape index (κ1) is 15.9. The molecule has 0 atom stereocenters. The Bertz CT molecular complexity index is 945. The van der Waals surface area contributed by atoms with Crippen LogP contribution < -0.4 is 20.3 Å². The maximum Gasteiger partial charge on any atom is 0.277 e. The Kier molecular flexibility index (Phi) is 4.11. The summed E-state index contributed by atoms with van der Waals surface area (Å²) < 4.78 is 11.8. The van der Waals surface area contributed by atoms with Gasteiger partial charge in [0.2, 0.25) is 5.95 Å². The predicted molar refractivity (Wildman–Crippen MR) is 90.0 cm³/mol. The summed E-state index contributed by atoms with van der Waals surface area (Å²) in [6.07, 6.45) is 0. The first-order valence-corrected chi connectivity index (χ1v) is 7.44. The van der Waals surface area contributed by atoms with Gasteiger partial charge in [0.25, 0.3) is 11.3 Å². The molecule has 0 bridgehead atoms. The number of H-pyrrole nitrogens is 1. The third-order valence-electron chi connectivity index (χ3n) is 3.87. The van der Waals surface area contributed by atoms with Crippen LogP contribution in [0.25, 0.3) is 5.78 Å². The highest BCUT2D eigenvalue weighted by Gasteiger charge is 2.10. The number of benzene rings is 1. The Morgan fingerprint density at radius 2 is 1.92 bits per heavy atom. The van der Waals surface area contributed by atoms with Crippen LogP contribution in [-0.4, -0.2) is 33.8 Å². The molecule has 3 rings (SSSR count). The summed E-state index contributed by atoms with van der Waals surface area (Å²) in [7, 11) is 3.19. The van der Waals surface area contributed by atoms with E-state index >= 15 is 0 Å². The van der Waals surface area contributed by atoms with Gasteiger partial charge in [-0.1, -0.05) is 6.07 Å². The van der Waals surface area contributed by atoms with Crippen molar-refractivity contribution in [2.24, 2.45) is 0 Å². The molecule has 0 fully saturated rings. The zero-order chi connectivity index (χ0) is 17.3. The highest BCUT2D eigenvalue weighted by Crippen LogP contribution is 2.27. The molecule has 1 aromatic carbocycles. The van der Waals surface area contributed by atoms with Crippen molar-refractivity contribution in [1.82, 2.24) is 19.6 Å². The van der Waals surface area contributed by atoms with Crippen LogP contribution in [0.5, 0.6) is 11.5 Å². The zero-order valence-electron chi connectivity index (χ0n) is 14.0. The number of aromatic nitrogens is 4. The summed E-state index contributed by atoms with van der Waals surface area (Å²) in [5, 5.41) is 6.06. The van der Waals surface area contributed by atoms with Crippen LogP contribution in [0.1, 0.15) is 16.8 Å². The van der Waals surface area contributed by atoms with Gasteiger partial charge in [0, 0.05) is 17.8 Å². The molecule has 0 aliphatic heterocycles. The second-order valence-corrected chi connectivity index (χ2v) is 5.38. The summed E-state index contributed by atoms with van der Waals surface area (Å²) in [4.78, 5) is 20.8. The van der Waals surface area contributed by atoms with Gasteiger partial charge in [-0.2, -0.15) is 9.50 Å². The molecule has 8 heteroatoms. The van der Waals surface area contributed by atoms with Gasteiger partial charge in [-0.05, 0) is 31.5 Å². The summed E-state index contributed by atoms with van der Waals surface area (Å²) in [5.41, 5.74) is 2.12. The van der Waals surface area contributed by atoms with E-state index in [0.29, 0.717) is 41.0 Å². The molecule has 24 heavy (non-hydrogen) atoms. The molecule has 8 nitrogen and oxygen atoms in total. The number of fused-ring (bicyclic) bond motifs is 1. The second kappa shape index (κ2) is 6.23. The van der Waals surface area contributed by atoms with Crippen molar-refractivity contribution in [3.63, 3.8) is 0 Å². The van der Waals surface area contributed by atoms with Gasteiger partial charge >= 0.3 is 0 Å². The van der Waals surface area contributed by atoms with E-state index in [1.54, 1.807) is 28.1 Å². The molecule has 0 saturated carbocycles. The van der Waals surface area contributed by atoms with Crippen LogP contribution in [0.15, 0.2) is 23.0 Å². The first-order chi connectivity index (χ1) is 11.5. The molecule has 0 aliphatic rings. The van der Waals surface area contributed by atoms with Gasteiger partial charge in [-0.25, -0.2) is 4.98 Å². The zero-order valence-corrected chi connectivity index (χ0v) is 14.0. The Labute approximate surface area is 138 Å². The van der Waals surface area contributed by atoms with Crippen LogP contribution >= 0.6 is 0 Å². The molecular formula is C16H19N5O3. The molecular weight excluding hydrogens is 310 g/mol. The average molecular weight is 329 g/mol. The lowest BCUT2D eigenvalue weighted by molar-refractivity contribution is 0.354. The lowest BCUT2D eigenvalue weighted by atomic mass is 10.2.